The number of ether oxygens (including phenoxy) is 3. The first-order valence-electron chi connectivity index (χ1n) is 7.93. The van der Waals surface area contributed by atoms with Gasteiger partial charge in [-0.15, -0.1) is 0 Å². The molecule has 0 atom stereocenters. The van der Waals surface area contributed by atoms with E-state index in [1.165, 1.54) is 0 Å². The molecule has 0 unspecified atom stereocenters. The molecule has 132 valence electrons. The average molecular weight is 320 g/mol. The highest BCUT2D eigenvalue weighted by Crippen LogP contribution is 2.00. The summed E-state index contributed by atoms with van der Waals surface area (Å²) < 4.78 is 15.5. The number of carbonyl (C=O) groups is 1. The van der Waals surface area contributed by atoms with Gasteiger partial charge in [0.1, 0.15) is 0 Å². The van der Waals surface area contributed by atoms with Crippen LogP contribution in [-0.2, 0) is 14.2 Å². The van der Waals surface area contributed by atoms with Crippen molar-refractivity contribution in [2.75, 3.05) is 73.4 Å². The molecule has 0 aromatic rings. The van der Waals surface area contributed by atoms with E-state index >= 15 is 0 Å². The van der Waals surface area contributed by atoms with E-state index in [9.17, 15) is 4.79 Å². The minimum atomic E-state index is 0.0696. The van der Waals surface area contributed by atoms with Gasteiger partial charge in [0.2, 0.25) is 0 Å². The van der Waals surface area contributed by atoms with Crippen molar-refractivity contribution in [3.8, 4) is 0 Å². The van der Waals surface area contributed by atoms with Crippen molar-refractivity contribution in [2.45, 2.75) is 19.8 Å². The molecule has 0 aromatic carbocycles. The minimum Gasteiger partial charge on any atom is -0.394 e. The van der Waals surface area contributed by atoms with Crippen molar-refractivity contribution in [2.24, 2.45) is 0 Å². The zero-order valence-corrected chi connectivity index (χ0v) is 14.3. The van der Waals surface area contributed by atoms with Gasteiger partial charge < -0.3 is 29.1 Å². The average Bonchev–Trinajstić information content (AvgIpc) is 2.81. The molecule has 1 N–H and O–H groups in total. The molecule has 22 heavy (non-hydrogen) atoms. The van der Waals surface area contributed by atoms with Crippen LogP contribution in [0.4, 0.5) is 4.79 Å². The maximum absolute atomic E-state index is 10.8. The quantitative estimate of drug-likeness (QED) is 0.571. The van der Waals surface area contributed by atoms with Crippen LogP contribution in [0.2, 0.25) is 0 Å². The summed E-state index contributed by atoms with van der Waals surface area (Å²) in [6.07, 6.45) is 2.27. The Bertz CT molecular complexity index is 242. The van der Waals surface area contributed by atoms with Crippen LogP contribution in [0.3, 0.4) is 0 Å². The van der Waals surface area contributed by atoms with Gasteiger partial charge in [-0.05, 0) is 6.42 Å². The lowest BCUT2D eigenvalue weighted by molar-refractivity contribution is 0.00735. The molecule has 7 heteroatoms. The molecule has 1 rings (SSSR count). The third-order valence-electron chi connectivity index (χ3n) is 3.05. The molecule has 0 aliphatic carbocycles. The van der Waals surface area contributed by atoms with E-state index in [4.69, 9.17) is 19.3 Å². The molecule has 0 aromatic heterocycles. The largest absolute Gasteiger partial charge is 0.394 e. The number of rotatable bonds is 11. The highest BCUT2D eigenvalue weighted by Gasteiger charge is 2.20. The number of hydrogen-bond donors (Lipinski definition) is 1. The molecule has 1 saturated heterocycles. The maximum Gasteiger partial charge on any atom is 0.319 e. The maximum atomic E-state index is 10.8. The van der Waals surface area contributed by atoms with E-state index in [2.05, 4.69) is 6.92 Å². The highest BCUT2D eigenvalue weighted by molar-refractivity contribution is 5.75. The normalized spacial score (nSPS) is 14.3. The number of amides is 2. The SMILES string of the molecule is CCCCOCCOCCOCCO.CN1CCN(C)C1=O. The first-order chi connectivity index (χ1) is 10.6. The summed E-state index contributed by atoms with van der Waals surface area (Å²) in [5.41, 5.74) is 0. The van der Waals surface area contributed by atoms with E-state index in [-0.39, 0.29) is 12.6 Å². The van der Waals surface area contributed by atoms with E-state index in [1.807, 2.05) is 14.1 Å². The summed E-state index contributed by atoms with van der Waals surface area (Å²) in [6, 6.07) is 0.130. The summed E-state index contributed by atoms with van der Waals surface area (Å²) in [6.45, 7) is 7.53. The molecule has 0 bridgehead atoms. The van der Waals surface area contributed by atoms with Crippen molar-refractivity contribution in [3.05, 3.63) is 0 Å². The molecule has 7 nitrogen and oxygen atoms in total. The Labute approximate surface area is 134 Å². The molecular formula is C15H32N2O5. The second-order valence-electron chi connectivity index (χ2n) is 5.04. The zero-order chi connectivity index (χ0) is 16.6. The third kappa shape index (κ3) is 11.7. The van der Waals surface area contributed by atoms with Crippen LogP contribution in [0, 0.1) is 0 Å². The lowest BCUT2D eigenvalue weighted by Crippen LogP contribution is -2.25. The number of urea groups is 1. The predicted molar refractivity (Wildman–Crippen MR) is 85.1 cm³/mol. The highest BCUT2D eigenvalue weighted by atomic mass is 16.5. The molecule has 0 spiro atoms. The Morgan fingerprint density at radius 3 is 1.73 bits per heavy atom. The number of aliphatic hydroxyl groups is 1. The monoisotopic (exact) mass is 320 g/mol. The molecular weight excluding hydrogens is 288 g/mol. The fourth-order valence-electron chi connectivity index (χ4n) is 1.64. The Hall–Kier alpha value is -0.890. The van der Waals surface area contributed by atoms with Gasteiger partial charge in [0, 0.05) is 33.8 Å². The number of hydrogen-bond acceptors (Lipinski definition) is 5. The van der Waals surface area contributed by atoms with E-state index in [1.54, 1.807) is 9.80 Å². The Balaban J connectivity index is 0.000000461. The summed E-state index contributed by atoms with van der Waals surface area (Å²) in [7, 11) is 3.62. The van der Waals surface area contributed by atoms with Crippen molar-refractivity contribution in [3.63, 3.8) is 0 Å². The number of aliphatic hydroxyl groups excluding tert-OH is 1. The van der Waals surface area contributed by atoms with Gasteiger partial charge in [-0.3, -0.25) is 0 Å². The van der Waals surface area contributed by atoms with Crippen LogP contribution >= 0.6 is 0 Å². The smallest absolute Gasteiger partial charge is 0.319 e. The summed E-state index contributed by atoms with van der Waals surface area (Å²) >= 11 is 0. The molecule has 1 heterocycles. The fourth-order valence-corrected chi connectivity index (χ4v) is 1.64. The van der Waals surface area contributed by atoms with E-state index < -0.39 is 0 Å². The van der Waals surface area contributed by atoms with Gasteiger partial charge in [0.25, 0.3) is 0 Å². The summed E-state index contributed by atoms with van der Waals surface area (Å²) in [5, 5.41) is 8.40. The Morgan fingerprint density at radius 2 is 1.36 bits per heavy atom. The number of nitrogens with zero attached hydrogens (tertiary/aromatic N) is 2. The first kappa shape index (κ1) is 21.1. The standard InChI is InChI=1S/C10H22O4.C5H10N2O/c1-2-3-5-12-7-9-14-10-8-13-6-4-11;1-6-3-4-7(2)5(6)8/h11H,2-10H2,1H3;3-4H2,1-2H3. The third-order valence-corrected chi connectivity index (χ3v) is 3.05. The molecule has 1 aliphatic heterocycles. The van der Waals surface area contributed by atoms with Gasteiger partial charge in [0.05, 0.1) is 39.6 Å². The van der Waals surface area contributed by atoms with E-state index in [0.29, 0.717) is 33.0 Å². The van der Waals surface area contributed by atoms with Crippen LogP contribution in [0.15, 0.2) is 0 Å². The van der Waals surface area contributed by atoms with Crippen LogP contribution < -0.4 is 0 Å². The first-order valence-corrected chi connectivity index (χ1v) is 7.93. The van der Waals surface area contributed by atoms with Gasteiger partial charge in [0.15, 0.2) is 0 Å². The molecule has 0 radical (unpaired) electrons. The number of likely N-dealkylation sites (N-methyl/N-ethyl adjacent to an activating group) is 2. The number of unbranched alkanes of at least 4 members (excludes halogenated alkanes) is 1. The van der Waals surface area contributed by atoms with Crippen molar-refractivity contribution in [1.82, 2.24) is 9.80 Å². The fraction of sp³-hybridized carbons (Fsp3) is 0.933. The Morgan fingerprint density at radius 1 is 0.909 bits per heavy atom. The van der Waals surface area contributed by atoms with E-state index in [0.717, 1.165) is 32.5 Å². The van der Waals surface area contributed by atoms with Gasteiger partial charge >= 0.3 is 6.03 Å². The minimum absolute atomic E-state index is 0.0696. The summed E-state index contributed by atoms with van der Waals surface area (Å²) in [4.78, 5) is 14.2. The van der Waals surface area contributed by atoms with Crippen molar-refractivity contribution in [1.29, 1.82) is 0 Å². The molecule has 1 aliphatic rings. The van der Waals surface area contributed by atoms with Crippen molar-refractivity contribution >= 4 is 6.03 Å². The second kappa shape index (κ2) is 15.0. The van der Waals surface area contributed by atoms with Crippen LogP contribution in [0.25, 0.3) is 0 Å². The van der Waals surface area contributed by atoms with Crippen molar-refractivity contribution < 1.29 is 24.1 Å². The zero-order valence-electron chi connectivity index (χ0n) is 14.3. The summed E-state index contributed by atoms with van der Waals surface area (Å²) in [5.74, 6) is 0. The van der Waals surface area contributed by atoms with Gasteiger partial charge in [-0.2, -0.15) is 0 Å². The molecule has 1 fully saturated rings. The lowest BCUT2D eigenvalue weighted by atomic mass is 10.4. The van der Waals surface area contributed by atoms with Gasteiger partial charge in [-0.25, -0.2) is 4.79 Å². The van der Waals surface area contributed by atoms with Crippen LogP contribution in [0.5, 0.6) is 0 Å². The lowest BCUT2D eigenvalue weighted by Gasteiger charge is -2.07. The topological polar surface area (TPSA) is 71.5 Å². The van der Waals surface area contributed by atoms with Crippen LogP contribution in [-0.4, -0.2) is 94.4 Å². The van der Waals surface area contributed by atoms with Crippen LogP contribution in [0.1, 0.15) is 19.8 Å². The second-order valence-corrected chi connectivity index (χ2v) is 5.04. The predicted octanol–water partition coefficient (Wildman–Crippen LogP) is 0.812. The molecule has 2 amide bonds. The number of carbonyl (C=O) groups excluding carboxylic acids is 1. The Kier molecular flexibility index (Phi) is 14.4. The molecule has 0 saturated carbocycles. The van der Waals surface area contributed by atoms with Gasteiger partial charge in [-0.1, -0.05) is 13.3 Å².